The fourth-order valence-electron chi connectivity index (χ4n) is 5.22. The van der Waals surface area contributed by atoms with E-state index in [0.717, 1.165) is 5.56 Å². The summed E-state index contributed by atoms with van der Waals surface area (Å²) in [5, 5.41) is 22.5. The molecule has 1 aliphatic heterocycles. The minimum atomic E-state index is -2.65. The van der Waals surface area contributed by atoms with Gasteiger partial charge in [-0.2, -0.15) is 5.26 Å². The molecule has 36 heavy (non-hydrogen) atoms. The first-order chi connectivity index (χ1) is 17.1. The van der Waals surface area contributed by atoms with Crippen LogP contribution in [0.3, 0.4) is 0 Å². The van der Waals surface area contributed by atoms with Crippen molar-refractivity contribution >= 4 is 23.1 Å². The first-order valence-corrected chi connectivity index (χ1v) is 11.8. The lowest BCUT2D eigenvalue weighted by Gasteiger charge is -2.33. The molecule has 186 valence electrons. The summed E-state index contributed by atoms with van der Waals surface area (Å²) in [5.41, 5.74) is 0.620. The molecular formula is C26H25F2N5O3. The van der Waals surface area contributed by atoms with Crippen LogP contribution in [-0.4, -0.2) is 39.5 Å². The maximum Gasteiger partial charge on any atom is 0.337 e. The largest absolute Gasteiger partial charge is 0.478 e. The lowest BCUT2D eigenvalue weighted by molar-refractivity contribution is 0.0536. The van der Waals surface area contributed by atoms with Crippen LogP contribution in [-0.2, 0) is 0 Å². The number of fused-ring (bicyclic) bond motifs is 1. The summed E-state index contributed by atoms with van der Waals surface area (Å²) >= 11 is 0. The first-order valence-electron chi connectivity index (χ1n) is 11.8. The number of nitrogens with zero attached hydrogens (tertiary/aromatic N) is 4. The normalized spacial score (nSPS) is 18.6. The monoisotopic (exact) mass is 493 g/mol. The molecule has 1 atom stereocenters. The molecule has 3 aromatic rings. The molecule has 2 aromatic heterocycles. The van der Waals surface area contributed by atoms with Gasteiger partial charge in [0.2, 0.25) is 0 Å². The fourth-order valence-corrected chi connectivity index (χ4v) is 5.22. The highest BCUT2D eigenvalue weighted by molar-refractivity contribution is 5.94. The number of para-hydroxylation sites is 1. The molecule has 1 saturated heterocycles. The van der Waals surface area contributed by atoms with Crippen molar-refractivity contribution in [1.82, 2.24) is 9.38 Å². The average Bonchev–Trinajstić information content (AvgIpc) is 3.38. The highest BCUT2D eigenvalue weighted by Gasteiger charge is 2.70. The standard InChI is InChI=1S/C26H25F2N5O3/c1-15-11-18(16(2)30-20-6-4-3-5-17(20)24(35)36)22-31-21(19(12-29)23(34)33(22)13-15)32-9-7-25(8-10-32)14-26(25,27)28/h3-6,11,13,16,30H,7-10,14H2,1-2H3,(H,35,36)/t16-/m1/s1. The molecule has 1 saturated carbocycles. The topological polar surface area (TPSA) is 111 Å². The van der Waals surface area contributed by atoms with Gasteiger partial charge in [0.05, 0.1) is 11.6 Å². The number of carboxylic acid groups (broad SMARTS) is 1. The Labute approximate surface area is 205 Å². The molecule has 1 aliphatic carbocycles. The molecule has 8 nitrogen and oxygen atoms in total. The van der Waals surface area contributed by atoms with E-state index in [1.165, 1.54) is 10.5 Å². The average molecular weight is 494 g/mol. The lowest BCUT2D eigenvalue weighted by Crippen LogP contribution is -2.39. The van der Waals surface area contributed by atoms with E-state index in [-0.39, 0.29) is 49.3 Å². The third-order valence-corrected chi connectivity index (χ3v) is 7.41. The molecule has 3 heterocycles. The Bertz CT molecular complexity index is 1490. The zero-order chi connectivity index (χ0) is 25.8. The van der Waals surface area contributed by atoms with Crippen LogP contribution in [0.15, 0.2) is 41.3 Å². The van der Waals surface area contributed by atoms with Gasteiger partial charge in [-0.05, 0) is 50.5 Å². The van der Waals surface area contributed by atoms with Gasteiger partial charge in [0, 0.05) is 42.4 Å². The predicted molar refractivity (Wildman–Crippen MR) is 130 cm³/mol. The number of benzene rings is 1. The molecule has 0 radical (unpaired) electrons. The SMILES string of the molecule is Cc1cc([C@@H](C)Nc2ccccc2C(=O)O)c2nc(N3CCC4(CC3)CC4(F)F)c(C#N)c(=O)n2c1. The third-order valence-electron chi connectivity index (χ3n) is 7.41. The van der Waals surface area contributed by atoms with Crippen molar-refractivity contribution in [1.29, 1.82) is 5.26 Å². The fraction of sp³-hybridized carbons (Fsp3) is 0.385. The van der Waals surface area contributed by atoms with E-state index >= 15 is 0 Å². The summed E-state index contributed by atoms with van der Waals surface area (Å²) in [6, 6.07) is 9.90. The van der Waals surface area contributed by atoms with Gasteiger partial charge in [0.25, 0.3) is 11.5 Å². The highest BCUT2D eigenvalue weighted by Crippen LogP contribution is 2.65. The van der Waals surface area contributed by atoms with Crippen LogP contribution in [0.4, 0.5) is 20.3 Å². The number of alkyl halides is 2. The highest BCUT2D eigenvalue weighted by atomic mass is 19.3. The minimum absolute atomic E-state index is 0.109. The molecule has 1 spiro atoms. The molecule has 10 heteroatoms. The van der Waals surface area contributed by atoms with Gasteiger partial charge in [0.1, 0.15) is 11.7 Å². The minimum Gasteiger partial charge on any atom is -0.478 e. The number of rotatable bonds is 5. The Morgan fingerprint density at radius 1 is 1.28 bits per heavy atom. The molecule has 2 N–H and O–H groups in total. The van der Waals surface area contributed by atoms with Crippen LogP contribution in [0.2, 0.25) is 0 Å². The number of anilines is 2. The second-order valence-corrected chi connectivity index (χ2v) is 9.76. The number of carboxylic acids is 1. The van der Waals surface area contributed by atoms with Crippen molar-refractivity contribution in [2.45, 2.75) is 45.1 Å². The number of hydrogen-bond acceptors (Lipinski definition) is 6. The maximum absolute atomic E-state index is 13.9. The third kappa shape index (κ3) is 3.75. The number of carbonyl (C=O) groups is 1. The molecule has 0 amide bonds. The summed E-state index contributed by atoms with van der Waals surface area (Å²) < 4.78 is 29.1. The molecule has 5 rings (SSSR count). The maximum atomic E-state index is 13.9. The Hall–Kier alpha value is -4.00. The molecule has 0 bridgehead atoms. The van der Waals surface area contributed by atoms with Crippen molar-refractivity contribution in [3.05, 3.63) is 69.1 Å². The number of nitrogens with one attached hydrogen (secondary N) is 1. The Morgan fingerprint density at radius 3 is 2.56 bits per heavy atom. The van der Waals surface area contributed by atoms with Gasteiger partial charge in [0.15, 0.2) is 11.4 Å². The number of hydrogen-bond donors (Lipinski definition) is 2. The van der Waals surface area contributed by atoms with Crippen LogP contribution in [0.1, 0.15) is 59.3 Å². The second kappa shape index (κ2) is 8.29. The smallest absolute Gasteiger partial charge is 0.337 e. The van der Waals surface area contributed by atoms with Crippen molar-refractivity contribution < 1.29 is 18.7 Å². The summed E-state index contributed by atoms with van der Waals surface area (Å²) in [6.07, 6.45) is 2.04. The van der Waals surface area contributed by atoms with Crippen LogP contribution in [0.25, 0.3) is 5.65 Å². The van der Waals surface area contributed by atoms with Gasteiger partial charge in [-0.3, -0.25) is 9.20 Å². The number of aromatic carboxylic acids is 1. The number of nitriles is 1. The van der Waals surface area contributed by atoms with Gasteiger partial charge >= 0.3 is 5.97 Å². The Kier molecular flexibility index (Phi) is 5.47. The van der Waals surface area contributed by atoms with E-state index < -0.39 is 28.9 Å². The first kappa shape index (κ1) is 23.7. The van der Waals surface area contributed by atoms with Crippen LogP contribution in [0, 0.1) is 23.7 Å². The summed E-state index contributed by atoms with van der Waals surface area (Å²) in [5.74, 6) is -3.52. The lowest BCUT2D eigenvalue weighted by atomic mass is 9.92. The molecular weight excluding hydrogens is 468 g/mol. The molecule has 1 aromatic carbocycles. The summed E-state index contributed by atoms with van der Waals surface area (Å²) in [6.45, 7) is 4.21. The van der Waals surface area contributed by atoms with E-state index in [9.17, 15) is 28.7 Å². The zero-order valence-corrected chi connectivity index (χ0v) is 19.9. The molecule has 2 aliphatic rings. The number of halogens is 2. The van der Waals surface area contributed by atoms with Gasteiger partial charge < -0.3 is 15.3 Å². The van der Waals surface area contributed by atoms with Crippen molar-refractivity contribution in [2.75, 3.05) is 23.3 Å². The van der Waals surface area contributed by atoms with E-state index in [4.69, 9.17) is 4.98 Å². The number of piperidine rings is 1. The number of pyridine rings is 1. The van der Waals surface area contributed by atoms with Crippen molar-refractivity contribution in [3.63, 3.8) is 0 Å². The zero-order valence-electron chi connectivity index (χ0n) is 19.9. The van der Waals surface area contributed by atoms with Gasteiger partial charge in [-0.1, -0.05) is 12.1 Å². The predicted octanol–water partition coefficient (Wildman–Crippen LogP) is 4.37. The Morgan fingerprint density at radius 2 is 1.94 bits per heavy atom. The number of aryl methyl sites for hydroxylation is 1. The van der Waals surface area contributed by atoms with Crippen LogP contribution >= 0.6 is 0 Å². The molecule has 2 fully saturated rings. The summed E-state index contributed by atoms with van der Waals surface area (Å²) in [4.78, 5) is 31.5. The van der Waals surface area contributed by atoms with E-state index in [1.807, 2.05) is 26.0 Å². The van der Waals surface area contributed by atoms with E-state index in [1.54, 1.807) is 29.3 Å². The number of aromatic nitrogens is 2. The van der Waals surface area contributed by atoms with Crippen molar-refractivity contribution in [2.24, 2.45) is 5.41 Å². The van der Waals surface area contributed by atoms with E-state index in [0.29, 0.717) is 16.9 Å². The van der Waals surface area contributed by atoms with E-state index in [2.05, 4.69) is 5.32 Å². The van der Waals surface area contributed by atoms with Crippen molar-refractivity contribution in [3.8, 4) is 6.07 Å². The second-order valence-electron chi connectivity index (χ2n) is 9.76. The van der Waals surface area contributed by atoms with Gasteiger partial charge in [-0.25, -0.2) is 18.6 Å². The van der Waals surface area contributed by atoms with Gasteiger partial charge in [-0.15, -0.1) is 0 Å². The molecule has 0 unspecified atom stereocenters. The summed E-state index contributed by atoms with van der Waals surface area (Å²) in [7, 11) is 0. The van der Waals surface area contributed by atoms with Crippen LogP contribution < -0.4 is 15.8 Å². The quantitative estimate of drug-likeness (QED) is 0.543. The van der Waals surface area contributed by atoms with Crippen LogP contribution in [0.5, 0.6) is 0 Å². The Balaban J connectivity index is 1.57.